The first-order valence-electron chi connectivity index (χ1n) is 15.8. The SMILES string of the molecule is CCCN(NC(=O)[C@@H]1C[C@@H](OCc2ccccc2)CN1C(=O)[C@@H](NC(=O)C(NC(C)=O)C1CCCCC1)C(C)C)C(=O)C(=O)O. The van der Waals surface area contributed by atoms with Gasteiger partial charge in [-0.15, -0.1) is 0 Å². The first-order chi connectivity index (χ1) is 21.4. The van der Waals surface area contributed by atoms with E-state index < -0.39 is 53.8 Å². The summed E-state index contributed by atoms with van der Waals surface area (Å²) in [7, 11) is 0. The minimum atomic E-state index is -1.72. The van der Waals surface area contributed by atoms with Gasteiger partial charge in [-0.2, -0.15) is 0 Å². The molecule has 1 saturated heterocycles. The molecule has 1 aromatic carbocycles. The van der Waals surface area contributed by atoms with Crippen molar-refractivity contribution in [2.75, 3.05) is 13.1 Å². The van der Waals surface area contributed by atoms with Gasteiger partial charge in [0, 0.05) is 26.4 Å². The molecule has 1 heterocycles. The number of nitrogens with zero attached hydrogens (tertiary/aromatic N) is 2. The van der Waals surface area contributed by atoms with Crippen LogP contribution in [0.3, 0.4) is 0 Å². The van der Waals surface area contributed by atoms with Crippen LogP contribution in [0.25, 0.3) is 0 Å². The number of rotatable bonds is 12. The van der Waals surface area contributed by atoms with E-state index in [-0.39, 0.29) is 43.9 Å². The predicted octanol–water partition coefficient (Wildman–Crippen LogP) is 1.75. The molecule has 13 heteroatoms. The summed E-state index contributed by atoms with van der Waals surface area (Å²) >= 11 is 0. The first kappa shape index (κ1) is 35.5. The second kappa shape index (κ2) is 16.9. The number of carboxylic acid groups (broad SMARTS) is 1. The molecule has 2 aliphatic rings. The lowest BCUT2D eigenvalue weighted by Gasteiger charge is -2.34. The third kappa shape index (κ3) is 10.0. The summed E-state index contributed by atoms with van der Waals surface area (Å²) in [6.07, 6.45) is 4.49. The molecule has 248 valence electrons. The molecule has 0 radical (unpaired) electrons. The molecule has 4 N–H and O–H groups in total. The third-order valence-electron chi connectivity index (χ3n) is 8.29. The maximum atomic E-state index is 14.1. The highest BCUT2D eigenvalue weighted by Gasteiger charge is 2.44. The molecule has 3 rings (SSSR count). The number of likely N-dealkylation sites (tertiary alicyclic amines) is 1. The summed E-state index contributed by atoms with van der Waals surface area (Å²) in [6, 6.07) is 6.51. The number of hydrazine groups is 1. The fourth-order valence-corrected chi connectivity index (χ4v) is 5.97. The molecular weight excluding hydrogens is 582 g/mol. The fourth-order valence-electron chi connectivity index (χ4n) is 5.97. The first-order valence-corrected chi connectivity index (χ1v) is 15.8. The van der Waals surface area contributed by atoms with Crippen molar-refractivity contribution in [1.82, 2.24) is 26.0 Å². The van der Waals surface area contributed by atoms with Crippen LogP contribution in [-0.4, -0.2) is 87.8 Å². The van der Waals surface area contributed by atoms with Gasteiger partial charge in [0.2, 0.25) is 17.7 Å². The van der Waals surface area contributed by atoms with Gasteiger partial charge in [0.25, 0.3) is 5.91 Å². The van der Waals surface area contributed by atoms with Gasteiger partial charge < -0.3 is 25.4 Å². The normalized spacial score (nSPS) is 19.8. The molecule has 0 aromatic heterocycles. The van der Waals surface area contributed by atoms with Gasteiger partial charge in [0.1, 0.15) is 18.1 Å². The van der Waals surface area contributed by atoms with E-state index in [1.54, 1.807) is 20.8 Å². The number of hydrogen-bond acceptors (Lipinski definition) is 7. The van der Waals surface area contributed by atoms with Crippen molar-refractivity contribution in [2.24, 2.45) is 11.8 Å². The van der Waals surface area contributed by atoms with Gasteiger partial charge in [-0.1, -0.05) is 70.4 Å². The Morgan fingerprint density at radius 2 is 1.69 bits per heavy atom. The monoisotopic (exact) mass is 629 g/mol. The van der Waals surface area contributed by atoms with Crippen molar-refractivity contribution in [3.05, 3.63) is 35.9 Å². The molecule has 1 aromatic rings. The molecule has 5 amide bonds. The van der Waals surface area contributed by atoms with Crippen molar-refractivity contribution in [1.29, 1.82) is 0 Å². The van der Waals surface area contributed by atoms with Crippen LogP contribution in [0.2, 0.25) is 0 Å². The molecule has 1 aliphatic heterocycles. The highest BCUT2D eigenvalue weighted by Crippen LogP contribution is 2.28. The average molecular weight is 630 g/mol. The lowest BCUT2D eigenvalue weighted by molar-refractivity contribution is -0.160. The number of ether oxygens (including phenoxy) is 1. The number of nitrogens with one attached hydrogen (secondary N) is 3. The van der Waals surface area contributed by atoms with Gasteiger partial charge in [0.15, 0.2) is 0 Å². The van der Waals surface area contributed by atoms with Gasteiger partial charge in [0.05, 0.1) is 12.7 Å². The van der Waals surface area contributed by atoms with E-state index in [1.807, 2.05) is 30.3 Å². The predicted molar refractivity (Wildman–Crippen MR) is 164 cm³/mol. The van der Waals surface area contributed by atoms with Crippen LogP contribution in [-0.2, 0) is 40.1 Å². The third-order valence-corrected chi connectivity index (χ3v) is 8.29. The van der Waals surface area contributed by atoms with Crippen molar-refractivity contribution in [3.8, 4) is 0 Å². The van der Waals surface area contributed by atoms with Crippen LogP contribution >= 0.6 is 0 Å². The lowest BCUT2D eigenvalue weighted by atomic mass is 9.83. The Kier molecular flexibility index (Phi) is 13.3. The summed E-state index contributed by atoms with van der Waals surface area (Å²) in [5, 5.41) is 15.6. The molecule has 45 heavy (non-hydrogen) atoms. The van der Waals surface area contributed by atoms with Crippen LogP contribution in [0.15, 0.2) is 30.3 Å². The minimum absolute atomic E-state index is 0.0398. The zero-order chi connectivity index (χ0) is 33.1. The summed E-state index contributed by atoms with van der Waals surface area (Å²) in [5.41, 5.74) is 3.30. The number of carbonyl (C=O) groups is 6. The highest BCUT2D eigenvalue weighted by molar-refractivity contribution is 6.31. The molecule has 13 nitrogen and oxygen atoms in total. The van der Waals surface area contributed by atoms with E-state index in [9.17, 15) is 33.9 Å². The van der Waals surface area contributed by atoms with Crippen molar-refractivity contribution in [3.63, 3.8) is 0 Å². The lowest BCUT2D eigenvalue weighted by Crippen LogP contribution is -2.60. The number of amides is 5. The van der Waals surface area contributed by atoms with E-state index >= 15 is 0 Å². The van der Waals surface area contributed by atoms with Gasteiger partial charge in [-0.05, 0) is 36.7 Å². The second-order valence-corrected chi connectivity index (χ2v) is 12.2. The zero-order valence-electron chi connectivity index (χ0n) is 26.6. The number of hydrogen-bond donors (Lipinski definition) is 4. The topological polar surface area (TPSA) is 174 Å². The molecule has 4 atom stereocenters. The summed E-state index contributed by atoms with van der Waals surface area (Å²) in [5.74, 6) is -5.48. The molecular formula is C32H47N5O8. The molecule has 0 bridgehead atoms. The highest BCUT2D eigenvalue weighted by atomic mass is 16.5. The van der Waals surface area contributed by atoms with Crippen LogP contribution in [0.4, 0.5) is 0 Å². The zero-order valence-corrected chi connectivity index (χ0v) is 26.6. The Labute approximate surface area is 264 Å². The largest absolute Gasteiger partial charge is 0.474 e. The number of aliphatic carboxylic acids is 1. The Hall–Kier alpha value is -4.00. The smallest absolute Gasteiger partial charge is 0.396 e. The van der Waals surface area contributed by atoms with E-state index in [1.165, 1.54) is 11.8 Å². The quantitative estimate of drug-likeness (QED) is 0.200. The summed E-state index contributed by atoms with van der Waals surface area (Å²) in [4.78, 5) is 78.3. The number of carbonyl (C=O) groups excluding carboxylic acids is 5. The average Bonchev–Trinajstić information content (AvgIpc) is 3.45. The van der Waals surface area contributed by atoms with Crippen molar-refractivity contribution in [2.45, 2.75) is 103 Å². The Morgan fingerprint density at radius 1 is 1.02 bits per heavy atom. The molecule has 2 fully saturated rings. The Balaban J connectivity index is 1.84. The van der Waals surface area contributed by atoms with Crippen LogP contribution in [0, 0.1) is 11.8 Å². The van der Waals surface area contributed by atoms with Gasteiger partial charge in [-0.25, -0.2) is 9.80 Å². The molecule has 1 unspecified atom stereocenters. The second-order valence-electron chi connectivity index (χ2n) is 12.2. The van der Waals surface area contributed by atoms with Crippen LogP contribution in [0.5, 0.6) is 0 Å². The van der Waals surface area contributed by atoms with E-state index in [0.29, 0.717) is 6.42 Å². The van der Waals surface area contributed by atoms with E-state index in [2.05, 4.69) is 16.1 Å². The van der Waals surface area contributed by atoms with Crippen LogP contribution < -0.4 is 16.1 Å². The van der Waals surface area contributed by atoms with E-state index in [4.69, 9.17) is 4.74 Å². The standard InChI is InChI=1S/C32H47N5O8/c1-5-16-37(31(42)32(43)44)35-28(39)25-17-24(45-19-22-12-8-6-9-13-22)18-36(25)30(41)26(20(2)3)34-29(40)27(33-21(4)38)23-14-10-7-11-15-23/h6,8-9,12-13,20,23-27H,5,7,10-11,14-19H2,1-4H3,(H,33,38)(H,34,40)(H,35,39)(H,43,44)/t24-,25+,26+,27?/m1/s1. The number of benzene rings is 1. The maximum Gasteiger partial charge on any atom is 0.396 e. The summed E-state index contributed by atoms with van der Waals surface area (Å²) < 4.78 is 6.09. The maximum absolute atomic E-state index is 14.1. The van der Waals surface area contributed by atoms with E-state index in [0.717, 1.165) is 42.7 Å². The Morgan fingerprint density at radius 3 is 2.27 bits per heavy atom. The van der Waals surface area contributed by atoms with Gasteiger partial charge >= 0.3 is 11.9 Å². The molecule has 1 saturated carbocycles. The molecule has 0 spiro atoms. The minimum Gasteiger partial charge on any atom is -0.474 e. The summed E-state index contributed by atoms with van der Waals surface area (Å²) in [6.45, 7) is 6.88. The molecule has 1 aliphatic carbocycles. The number of carboxylic acids is 1. The van der Waals surface area contributed by atoms with Crippen molar-refractivity contribution >= 4 is 35.5 Å². The fraction of sp³-hybridized carbons (Fsp3) is 0.625. The van der Waals surface area contributed by atoms with Crippen LogP contribution in [0.1, 0.15) is 78.2 Å². The Bertz CT molecular complexity index is 1200. The van der Waals surface area contributed by atoms with Gasteiger partial charge in [-0.3, -0.25) is 29.4 Å². The van der Waals surface area contributed by atoms with Crippen molar-refractivity contribution < 1.29 is 38.6 Å².